The summed E-state index contributed by atoms with van der Waals surface area (Å²) in [4.78, 5) is 8.44. The highest BCUT2D eigenvalue weighted by atomic mass is 127. The van der Waals surface area contributed by atoms with Gasteiger partial charge in [0.2, 0.25) is 0 Å². The first-order valence-corrected chi connectivity index (χ1v) is 8.99. The third-order valence-corrected chi connectivity index (χ3v) is 5.56. The molecule has 1 aromatic rings. The minimum atomic E-state index is 0. The van der Waals surface area contributed by atoms with Crippen LogP contribution in [0.5, 0.6) is 0 Å². The van der Waals surface area contributed by atoms with Crippen molar-refractivity contribution in [2.75, 3.05) is 26.7 Å². The summed E-state index contributed by atoms with van der Waals surface area (Å²) in [5.41, 5.74) is 0. The van der Waals surface area contributed by atoms with E-state index in [1.54, 1.807) is 0 Å². The minimum Gasteiger partial charge on any atom is -0.354 e. The number of halogens is 1. The standard InChI is InChI=1S/C16H26N4S.HI/c1-17-16(19-13-6-4-7-13)18-12-14(15-8-5-11-21-15)20-9-2-3-10-20;/h5,8,11,13-14H,2-4,6-7,9-10,12H2,1H3,(H2,17,18,19);1H. The molecule has 0 aromatic carbocycles. The van der Waals surface area contributed by atoms with Crippen LogP contribution < -0.4 is 10.6 Å². The molecule has 2 heterocycles. The molecule has 6 heteroatoms. The third-order valence-electron chi connectivity index (χ3n) is 4.59. The zero-order valence-corrected chi connectivity index (χ0v) is 16.4. The molecule has 124 valence electrons. The summed E-state index contributed by atoms with van der Waals surface area (Å²) >= 11 is 1.86. The summed E-state index contributed by atoms with van der Waals surface area (Å²) < 4.78 is 0. The maximum absolute atomic E-state index is 4.37. The number of hydrogen-bond acceptors (Lipinski definition) is 3. The molecule has 0 bridgehead atoms. The van der Waals surface area contributed by atoms with Crippen molar-refractivity contribution in [3.8, 4) is 0 Å². The fourth-order valence-corrected chi connectivity index (χ4v) is 3.94. The second kappa shape index (κ2) is 9.08. The Morgan fingerprint density at radius 1 is 1.36 bits per heavy atom. The van der Waals surface area contributed by atoms with Crippen LogP contribution in [0.25, 0.3) is 0 Å². The predicted octanol–water partition coefficient (Wildman–Crippen LogP) is 3.22. The van der Waals surface area contributed by atoms with Crippen molar-refractivity contribution in [3.63, 3.8) is 0 Å². The van der Waals surface area contributed by atoms with Gasteiger partial charge in [-0.1, -0.05) is 6.07 Å². The van der Waals surface area contributed by atoms with Gasteiger partial charge >= 0.3 is 0 Å². The molecule has 1 aromatic heterocycles. The lowest BCUT2D eigenvalue weighted by Gasteiger charge is -2.31. The molecule has 4 nitrogen and oxygen atoms in total. The van der Waals surface area contributed by atoms with E-state index < -0.39 is 0 Å². The van der Waals surface area contributed by atoms with Crippen molar-refractivity contribution in [1.29, 1.82) is 0 Å². The van der Waals surface area contributed by atoms with Crippen LogP contribution in [-0.2, 0) is 0 Å². The Kier molecular flexibility index (Phi) is 7.43. The van der Waals surface area contributed by atoms with E-state index in [1.807, 2.05) is 18.4 Å². The summed E-state index contributed by atoms with van der Waals surface area (Å²) in [6.07, 6.45) is 6.57. The zero-order valence-electron chi connectivity index (χ0n) is 13.3. The van der Waals surface area contributed by atoms with E-state index in [0.29, 0.717) is 12.1 Å². The van der Waals surface area contributed by atoms with Gasteiger partial charge in [-0.15, -0.1) is 35.3 Å². The summed E-state index contributed by atoms with van der Waals surface area (Å²) in [5.74, 6) is 0.959. The molecule has 1 saturated carbocycles. The van der Waals surface area contributed by atoms with Crippen LogP contribution in [0.3, 0.4) is 0 Å². The van der Waals surface area contributed by atoms with Gasteiger partial charge in [0.25, 0.3) is 0 Å². The smallest absolute Gasteiger partial charge is 0.191 e. The highest BCUT2D eigenvalue weighted by molar-refractivity contribution is 14.0. The molecule has 1 aliphatic heterocycles. The molecule has 0 amide bonds. The number of thiophene rings is 1. The lowest BCUT2D eigenvalue weighted by atomic mass is 9.93. The van der Waals surface area contributed by atoms with Gasteiger partial charge < -0.3 is 10.6 Å². The Morgan fingerprint density at radius 3 is 2.68 bits per heavy atom. The van der Waals surface area contributed by atoms with Crippen LogP contribution in [0.15, 0.2) is 22.5 Å². The topological polar surface area (TPSA) is 39.7 Å². The average Bonchev–Trinajstić information content (AvgIpc) is 3.13. The van der Waals surface area contributed by atoms with E-state index >= 15 is 0 Å². The molecule has 1 saturated heterocycles. The van der Waals surface area contributed by atoms with E-state index in [0.717, 1.165) is 12.5 Å². The fourth-order valence-electron chi connectivity index (χ4n) is 3.08. The number of guanidine groups is 1. The Balaban J connectivity index is 0.00000176. The van der Waals surface area contributed by atoms with Gasteiger partial charge in [-0.25, -0.2) is 0 Å². The summed E-state index contributed by atoms with van der Waals surface area (Å²) in [5, 5.41) is 9.24. The largest absolute Gasteiger partial charge is 0.354 e. The molecule has 2 N–H and O–H groups in total. The van der Waals surface area contributed by atoms with E-state index in [4.69, 9.17) is 0 Å². The number of nitrogens with one attached hydrogen (secondary N) is 2. The van der Waals surface area contributed by atoms with Crippen molar-refractivity contribution in [1.82, 2.24) is 15.5 Å². The molecule has 0 radical (unpaired) electrons. The third kappa shape index (κ3) is 4.58. The van der Waals surface area contributed by atoms with Gasteiger partial charge in [0.05, 0.1) is 6.04 Å². The summed E-state index contributed by atoms with van der Waals surface area (Å²) in [6, 6.07) is 5.53. The molecule has 1 unspecified atom stereocenters. The van der Waals surface area contributed by atoms with Crippen LogP contribution in [0.2, 0.25) is 0 Å². The number of nitrogens with zero attached hydrogens (tertiary/aromatic N) is 2. The van der Waals surface area contributed by atoms with Crippen molar-refractivity contribution in [2.45, 2.75) is 44.2 Å². The van der Waals surface area contributed by atoms with E-state index in [1.165, 1.54) is 50.1 Å². The first-order valence-electron chi connectivity index (χ1n) is 8.11. The number of likely N-dealkylation sites (tertiary alicyclic amines) is 1. The molecule has 2 aliphatic rings. The normalized spacial score (nSPS) is 21.0. The van der Waals surface area contributed by atoms with Crippen molar-refractivity contribution >= 4 is 41.3 Å². The van der Waals surface area contributed by atoms with Gasteiger partial charge in [0.15, 0.2) is 5.96 Å². The van der Waals surface area contributed by atoms with E-state index in [2.05, 4.69) is 38.0 Å². The average molecular weight is 434 g/mol. The first-order chi connectivity index (χ1) is 10.4. The van der Waals surface area contributed by atoms with Gasteiger partial charge in [0, 0.05) is 24.5 Å². The highest BCUT2D eigenvalue weighted by Crippen LogP contribution is 2.27. The highest BCUT2D eigenvalue weighted by Gasteiger charge is 2.25. The zero-order chi connectivity index (χ0) is 14.5. The molecule has 3 rings (SSSR count). The Hall–Kier alpha value is -0.340. The fraction of sp³-hybridized carbons (Fsp3) is 0.688. The maximum atomic E-state index is 4.37. The molecule has 0 spiro atoms. The monoisotopic (exact) mass is 434 g/mol. The van der Waals surface area contributed by atoms with Crippen LogP contribution >= 0.6 is 35.3 Å². The van der Waals surface area contributed by atoms with Crippen molar-refractivity contribution in [2.24, 2.45) is 4.99 Å². The molecular formula is C16H27IN4S. The Morgan fingerprint density at radius 2 is 2.14 bits per heavy atom. The molecule has 2 fully saturated rings. The van der Waals surface area contributed by atoms with Crippen molar-refractivity contribution in [3.05, 3.63) is 22.4 Å². The lowest BCUT2D eigenvalue weighted by Crippen LogP contribution is -2.48. The minimum absolute atomic E-state index is 0. The van der Waals surface area contributed by atoms with Crippen LogP contribution in [0, 0.1) is 0 Å². The first kappa shape index (κ1) is 18.0. The van der Waals surface area contributed by atoms with E-state index in [-0.39, 0.29) is 24.0 Å². The maximum Gasteiger partial charge on any atom is 0.191 e. The van der Waals surface area contributed by atoms with Crippen molar-refractivity contribution < 1.29 is 0 Å². The molecule has 1 aliphatic carbocycles. The van der Waals surface area contributed by atoms with Gasteiger partial charge in [-0.2, -0.15) is 0 Å². The summed E-state index contributed by atoms with van der Waals surface area (Å²) in [7, 11) is 1.87. The van der Waals surface area contributed by atoms with Crippen LogP contribution in [0.1, 0.15) is 43.0 Å². The molecule has 1 atom stereocenters. The quantitative estimate of drug-likeness (QED) is 0.425. The van der Waals surface area contributed by atoms with Gasteiger partial charge in [-0.05, 0) is 56.6 Å². The Labute approximate surface area is 154 Å². The predicted molar refractivity (Wildman–Crippen MR) is 105 cm³/mol. The van der Waals surface area contributed by atoms with Crippen LogP contribution in [-0.4, -0.2) is 43.6 Å². The number of hydrogen-bond donors (Lipinski definition) is 2. The molecular weight excluding hydrogens is 407 g/mol. The Bertz CT molecular complexity index is 453. The number of aliphatic imine (C=N–C) groups is 1. The van der Waals surface area contributed by atoms with Gasteiger partial charge in [-0.3, -0.25) is 9.89 Å². The number of rotatable bonds is 5. The lowest BCUT2D eigenvalue weighted by molar-refractivity contribution is 0.248. The second-order valence-corrected chi connectivity index (χ2v) is 6.98. The SMILES string of the molecule is CN=C(NCC(c1cccs1)N1CCCC1)NC1CCC1.I. The second-order valence-electron chi connectivity index (χ2n) is 6.00. The van der Waals surface area contributed by atoms with E-state index in [9.17, 15) is 0 Å². The summed E-state index contributed by atoms with van der Waals surface area (Å²) in [6.45, 7) is 3.38. The van der Waals surface area contributed by atoms with Gasteiger partial charge in [0.1, 0.15) is 0 Å². The van der Waals surface area contributed by atoms with Crippen LogP contribution in [0.4, 0.5) is 0 Å². The molecule has 22 heavy (non-hydrogen) atoms.